The lowest BCUT2D eigenvalue weighted by molar-refractivity contribution is -0.317. The van der Waals surface area contributed by atoms with Gasteiger partial charge in [-0.25, -0.2) is 4.39 Å². The van der Waals surface area contributed by atoms with Crippen molar-refractivity contribution in [1.82, 2.24) is 0 Å². The number of carboxylic acids is 1. The fraction of sp³-hybridized carbons (Fsp3) is 0.200. The van der Waals surface area contributed by atoms with Crippen molar-refractivity contribution in [2.24, 2.45) is 0 Å². The summed E-state index contributed by atoms with van der Waals surface area (Å²) in [4.78, 5) is 21.4. The molecular weight excluding hydrogens is 233 g/mol. The Morgan fingerprint density at radius 3 is 2.18 bits per heavy atom. The van der Waals surface area contributed by atoms with Crippen molar-refractivity contribution < 1.29 is 29.3 Å². The third-order valence-electron chi connectivity index (χ3n) is 1.92. The number of halogens is 1. The van der Waals surface area contributed by atoms with E-state index in [9.17, 15) is 19.1 Å². The number of rotatable bonds is 4. The minimum Gasteiger partial charge on any atom is -0.547 e. The average Bonchev–Trinajstić information content (AvgIpc) is 2.30. The van der Waals surface area contributed by atoms with Crippen LogP contribution in [0.2, 0.25) is 0 Å². The Morgan fingerprint density at radius 2 is 1.71 bits per heavy atom. The zero-order valence-corrected chi connectivity index (χ0v) is 8.46. The van der Waals surface area contributed by atoms with E-state index in [2.05, 4.69) is 5.32 Å². The van der Waals surface area contributed by atoms with Gasteiger partial charge in [-0.3, -0.25) is 4.79 Å². The standard InChI is InChI=1S/C10H10FNO5/c11-5-1-3-6(4-2-5)12-9(15)7(13)8(14)10(16)17/h1-4,7-8,13-14H,(H,12,15)(H,16,17)/p-1/t7-,8-/m1/s1. The van der Waals surface area contributed by atoms with E-state index in [-0.39, 0.29) is 5.69 Å². The topological polar surface area (TPSA) is 110 Å². The second kappa shape index (κ2) is 5.37. The van der Waals surface area contributed by atoms with Crippen molar-refractivity contribution in [2.45, 2.75) is 12.2 Å². The van der Waals surface area contributed by atoms with Crippen LogP contribution >= 0.6 is 0 Å². The molecule has 1 rings (SSSR count). The van der Waals surface area contributed by atoms with Gasteiger partial charge in [0.2, 0.25) is 0 Å². The van der Waals surface area contributed by atoms with Crippen LogP contribution in [0, 0.1) is 5.82 Å². The number of amides is 1. The van der Waals surface area contributed by atoms with Crippen LogP contribution in [-0.2, 0) is 9.59 Å². The second-order valence-corrected chi connectivity index (χ2v) is 3.20. The number of aliphatic hydroxyl groups excluding tert-OH is 2. The molecule has 7 heteroatoms. The molecule has 3 N–H and O–H groups in total. The van der Waals surface area contributed by atoms with Crippen LogP contribution < -0.4 is 10.4 Å². The predicted molar refractivity (Wildman–Crippen MR) is 52.1 cm³/mol. The van der Waals surface area contributed by atoms with Gasteiger partial charge in [-0.15, -0.1) is 0 Å². The summed E-state index contributed by atoms with van der Waals surface area (Å²) in [5.41, 5.74) is 0.154. The summed E-state index contributed by atoms with van der Waals surface area (Å²) in [6.45, 7) is 0. The fourth-order valence-corrected chi connectivity index (χ4v) is 1.02. The first kappa shape index (κ1) is 13.1. The van der Waals surface area contributed by atoms with E-state index in [0.29, 0.717) is 0 Å². The maximum Gasteiger partial charge on any atom is 0.256 e. The molecule has 0 bridgehead atoms. The molecule has 0 fully saturated rings. The zero-order chi connectivity index (χ0) is 13.0. The number of carbonyl (C=O) groups is 2. The number of hydrogen-bond acceptors (Lipinski definition) is 5. The average molecular weight is 242 g/mol. The van der Waals surface area contributed by atoms with Gasteiger partial charge >= 0.3 is 0 Å². The molecule has 0 aliphatic heterocycles. The number of aliphatic carboxylic acids is 1. The Labute approximate surface area is 95.3 Å². The number of anilines is 1. The van der Waals surface area contributed by atoms with Crippen molar-refractivity contribution in [3.05, 3.63) is 30.1 Å². The lowest BCUT2D eigenvalue weighted by Crippen LogP contribution is -2.48. The van der Waals surface area contributed by atoms with E-state index in [0.717, 1.165) is 12.1 Å². The van der Waals surface area contributed by atoms with Gasteiger partial charge in [-0.2, -0.15) is 0 Å². The number of benzene rings is 1. The molecule has 1 aromatic rings. The van der Waals surface area contributed by atoms with Crippen LogP contribution in [0.1, 0.15) is 0 Å². The molecule has 6 nitrogen and oxygen atoms in total. The predicted octanol–water partition coefficient (Wildman–Crippen LogP) is -1.76. The summed E-state index contributed by atoms with van der Waals surface area (Å²) < 4.78 is 12.5. The molecule has 0 spiro atoms. The first-order chi connectivity index (χ1) is 7.91. The third-order valence-corrected chi connectivity index (χ3v) is 1.92. The zero-order valence-electron chi connectivity index (χ0n) is 8.46. The summed E-state index contributed by atoms with van der Waals surface area (Å²) in [7, 11) is 0. The highest BCUT2D eigenvalue weighted by Crippen LogP contribution is 2.09. The maximum absolute atomic E-state index is 12.5. The molecule has 0 aromatic heterocycles. The molecular formula is C10H9FNO5-. The third kappa shape index (κ3) is 3.51. The van der Waals surface area contributed by atoms with Gasteiger partial charge in [0.15, 0.2) is 6.10 Å². The van der Waals surface area contributed by atoms with Crippen LogP contribution in [0.3, 0.4) is 0 Å². The molecule has 1 amide bonds. The van der Waals surface area contributed by atoms with Gasteiger partial charge in [0.25, 0.3) is 5.91 Å². The molecule has 2 atom stereocenters. The highest BCUT2D eigenvalue weighted by molar-refractivity contribution is 5.96. The molecule has 0 aliphatic rings. The smallest absolute Gasteiger partial charge is 0.256 e. The molecule has 0 saturated heterocycles. The van der Waals surface area contributed by atoms with E-state index in [1.54, 1.807) is 0 Å². The molecule has 0 heterocycles. The molecule has 0 unspecified atom stereocenters. The Hall–Kier alpha value is -1.99. The Balaban J connectivity index is 2.66. The van der Waals surface area contributed by atoms with E-state index >= 15 is 0 Å². The minimum atomic E-state index is -2.32. The first-order valence-corrected chi connectivity index (χ1v) is 4.55. The monoisotopic (exact) mass is 242 g/mol. The highest BCUT2D eigenvalue weighted by atomic mass is 19.1. The van der Waals surface area contributed by atoms with Gasteiger partial charge in [0.05, 0.1) is 5.97 Å². The molecule has 0 radical (unpaired) electrons. The fourth-order valence-electron chi connectivity index (χ4n) is 1.02. The molecule has 0 saturated carbocycles. The van der Waals surface area contributed by atoms with Crippen LogP contribution in [0.4, 0.5) is 10.1 Å². The van der Waals surface area contributed by atoms with Crippen LogP contribution in [-0.4, -0.2) is 34.3 Å². The SMILES string of the molecule is O=C([O-])[C@H](O)[C@@H](O)C(=O)Nc1ccc(F)cc1. The van der Waals surface area contributed by atoms with Gasteiger partial charge in [-0.05, 0) is 24.3 Å². The normalized spacial score (nSPS) is 13.8. The number of hydrogen-bond donors (Lipinski definition) is 3. The van der Waals surface area contributed by atoms with E-state index in [4.69, 9.17) is 10.2 Å². The quantitative estimate of drug-likeness (QED) is 0.579. The Morgan fingerprint density at radius 1 is 1.18 bits per heavy atom. The summed E-state index contributed by atoms with van der Waals surface area (Å²) in [6, 6.07) is 4.56. The second-order valence-electron chi connectivity index (χ2n) is 3.20. The molecule has 92 valence electrons. The number of carbonyl (C=O) groups excluding carboxylic acids is 2. The lowest BCUT2D eigenvalue weighted by atomic mass is 10.2. The summed E-state index contributed by atoms with van der Waals surface area (Å²) in [5, 5.41) is 30.3. The molecule has 1 aromatic carbocycles. The number of nitrogens with one attached hydrogen (secondary N) is 1. The lowest BCUT2D eigenvalue weighted by Gasteiger charge is -2.17. The summed E-state index contributed by atoms with van der Waals surface area (Å²) in [6.07, 6.45) is -4.49. The van der Waals surface area contributed by atoms with Crippen molar-refractivity contribution in [2.75, 3.05) is 5.32 Å². The Kier molecular flexibility index (Phi) is 4.13. The van der Waals surface area contributed by atoms with Gasteiger partial charge in [-0.1, -0.05) is 0 Å². The van der Waals surface area contributed by atoms with Crippen molar-refractivity contribution >= 4 is 17.6 Å². The minimum absolute atomic E-state index is 0.154. The summed E-state index contributed by atoms with van der Waals surface area (Å²) in [5.74, 6) is -3.61. The number of carboxylic acid groups (broad SMARTS) is 1. The first-order valence-electron chi connectivity index (χ1n) is 4.55. The van der Waals surface area contributed by atoms with Crippen LogP contribution in [0.15, 0.2) is 24.3 Å². The number of aliphatic hydroxyl groups is 2. The molecule has 17 heavy (non-hydrogen) atoms. The van der Waals surface area contributed by atoms with Gasteiger partial charge in [0, 0.05) is 5.69 Å². The van der Waals surface area contributed by atoms with Crippen molar-refractivity contribution in [1.29, 1.82) is 0 Å². The maximum atomic E-state index is 12.5. The van der Waals surface area contributed by atoms with Crippen molar-refractivity contribution in [3.63, 3.8) is 0 Å². The van der Waals surface area contributed by atoms with E-state index in [1.165, 1.54) is 12.1 Å². The molecule has 0 aliphatic carbocycles. The Bertz CT molecular complexity index is 419. The highest BCUT2D eigenvalue weighted by Gasteiger charge is 2.25. The largest absolute Gasteiger partial charge is 0.547 e. The van der Waals surface area contributed by atoms with Gasteiger partial charge in [0.1, 0.15) is 11.9 Å². The van der Waals surface area contributed by atoms with E-state index < -0.39 is 29.9 Å². The summed E-state index contributed by atoms with van der Waals surface area (Å²) >= 11 is 0. The van der Waals surface area contributed by atoms with Crippen molar-refractivity contribution in [3.8, 4) is 0 Å². The van der Waals surface area contributed by atoms with Gasteiger partial charge < -0.3 is 25.4 Å². The van der Waals surface area contributed by atoms with E-state index in [1.807, 2.05) is 0 Å². The van der Waals surface area contributed by atoms with Crippen LogP contribution in [0.25, 0.3) is 0 Å². The van der Waals surface area contributed by atoms with Crippen LogP contribution in [0.5, 0.6) is 0 Å².